The molecule has 2 heterocycles. The molecule has 0 aliphatic carbocycles. The summed E-state index contributed by atoms with van der Waals surface area (Å²) < 4.78 is 16.2. The molecule has 2 nitrogen and oxygen atoms in total. The van der Waals surface area contributed by atoms with Gasteiger partial charge in [-0.1, -0.05) is 6.07 Å². The van der Waals surface area contributed by atoms with Crippen molar-refractivity contribution < 1.29 is 4.39 Å². The zero-order valence-corrected chi connectivity index (χ0v) is 10.9. The van der Waals surface area contributed by atoms with Crippen molar-refractivity contribution in [3.8, 4) is 0 Å². The monoisotopic (exact) mass is 268 g/mol. The van der Waals surface area contributed by atoms with Crippen LogP contribution in [0.25, 0.3) is 11.0 Å². The van der Waals surface area contributed by atoms with Gasteiger partial charge in [0.05, 0.1) is 5.52 Å². The second-order valence-corrected chi connectivity index (χ2v) is 6.10. The summed E-state index contributed by atoms with van der Waals surface area (Å²) in [6.07, 6.45) is 2.51. The number of halogens is 1. The van der Waals surface area contributed by atoms with E-state index in [4.69, 9.17) is 12.2 Å². The molecular weight excluding hydrogens is 255 g/mol. The Morgan fingerprint density at radius 3 is 3.18 bits per heavy atom. The number of aromatic nitrogens is 2. The maximum Gasteiger partial charge on any atom is 0.178 e. The Balaban J connectivity index is 2.06. The van der Waals surface area contributed by atoms with Gasteiger partial charge in [0.2, 0.25) is 0 Å². The van der Waals surface area contributed by atoms with E-state index in [1.165, 1.54) is 24.7 Å². The number of para-hydroxylation sites is 1. The second-order valence-electron chi connectivity index (χ2n) is 4.31. The van der Waals surface area contributed by atoms with Gasteiger partial charge in [-0.15, -0.1) is 0 Å². The van der Waals surface area contributed by atoms with E-state index in [2.05, 4.69) is 4.98 Å². The summed E-state index contributed by atoms with van der Waals surface area (Å²) in [7, 11) is 0. The van der Waals surface area contributed by atoms with Gasteiger partial charge < -0.3 is 9.55 Å². The highest BCUT2D eigenvalue weighted by molar-refractivity contribution is 8.00. The van der Waals surface area contributed by atoms with Gasteiger partial charge in [-0.2, -0.15) is 11.8 Å². The number of hydrogen-bond donors (Lipinski definition) is 1. The Kier molecular flexibility index (Phi) is 2.96. The molecule has 1 unspecified atom stereocenters. The summed E-state index contributed by atoms with van der Waals surface area (Å²) >= 11 is 7.27. The van der Waals surface area contributed by atoms with Crippen molar-refractivity contribution >= 4 is 35.0 Å². The van der Waals surface area contributed by atoms with Crippen LogP contribution >= 0.6 is 24.0 Å². The molecule has 5 heteroatoms. The van der Waals surface area contributed by atoms with Crippen molar-refractivity contribution in [2.24, 2.45) is 0 Å². The van der Waals surface area contributed by atoms with E-state index in [0.717, 1.165) is 12.1 Å². The minimum absolute atomic E-state index is 0.230. The van der Waals surface area contributed by atoms with E-state index in [1.54, 1.807) is 6.07 Å². The highest BCUT2D eigenvalue weighted by Crippen LogP contribution is 2.29. The molecular formula is C12H13FN2S2. The average Bonchev–Trinajstić information content (AvgIpc) is 2.91. The van der Waals surface area contributed by atoms with Gasteiger partial charge >= 0.3 is 0 Å². The number of thioether (sulfide) groups is 1. The molecule has 1 aliphatic rings. The Hall–Kier alpha value is -0.810. The molecule has 0 spiro atoms. The molecule has 17 heavy (non-hydrogen) atoms. The average molecular weight is 268 g/mol. The normalized spacial score (nSPS) is 20.2. The molecule has 3 rings (SSSR count). The number of hydrogen-bond acceptors (Lipinski definition) is 2. The largest absolute Gasteiger partial charge is 0.328 e. The van der Waals surface area contributed by atoms with Gasteiger partial charge in [0, 0.05) is 11.8 Å². The SMILES string of the molecule is Fc1cccc2c1[nH]c(=S)n2CC1CCCS1. The lowest BCUT2D eigenvalue weighted by molar-refractivity contribution is 0.636. The van der Waals surface area contributed by atoms with Gasteiger partial charge in [-0.3, -0.25) is 0 Å². The third kappa shape index (κ3) is 2.02. The van der Waals surface area contributed by atoms with Gasteiger partial charge in [-0.25, -0.2) is 4.39 Å². The number of rotatable bonds is 2. The molecule has 2 aromatic rings. The Morgan fingerprint density at radius 1 is 1.53 bits per heavy atom. The minimum Gasteiger partial charge on any atom is -0.328 e. The highest BCUT2D eigenvalue weighted by Gasteiger charge is 2.18. The molecule has 0 radical (unpaired) electrons. The number of nitrogens with one attached hydrogen (secondary N) is 1. The first kappa shape index (κ1) is 11.3. The zero-order chi connectivity index (χ0) is 11.8. The zero-order valence-electron chi connectivity index (χ0n) is 9.28. The van der Waals surface area contributed by atoms with Gasteiger partial charge in [0.1, 0.15) is 11.3 Å². The maximum absolute atomic E-state index is 13.6. The summed E-state index contributed by atoms with van der Waals surface area (Å²) in [5.74, 6) is 1.00. The van der Waals surface area contributed by atoms with Gasteiger partial charge in [-0.05, 0) is 42.9 Å². The Bertz CT molecular complexity index is 596. The van der Waals surface area contributed by atoms with Crippen LogP contribution in [-0.4, -0.2) is 20.6 Å². The number of fused-ring (bicyclic) bond motifs is 1. The predicted octanol–water partition coefficient (Wildman–Crippen LogP) is 3.73. The van der Waals surface area contributed by atoms with Crippen LogP contribution in [0.2, 0.25) is 0 Å². The van der Waals surface area contributed by atoms with Crippen LogP contribution in [-0.2, 0) is 6.54 Å². The molecule has 1 aromatic carbocycles. The first-order valence-corrected chi connectivity index (χ1v) is 7.20. The summed E-state index contributed by atoms with van der Waals surface area (Å²) in [6.45, 7) is 0.882. The molecule has 1 aromatic heterocycles. The Labute approximate surface area is 108 Å². The fourth-order valence-corrected chi connectivity index (χ4v) is 3.85. The lowest BCUT2D eigenvalue weighted by atomic mass is 10.2. The number of benzene rings is 1. The second kappa shape index (κ2) is 4.46. The van der Waals surface area contributed by atoms with Gasteiger partial charge in [0.25, 0.3) is 0 Å². The molecule has 1 N–H and O–H groups in total. The van der Waals surface area contributed by atoms with Crippen molar-refractivity contribution in [2.75, 3.05) is 5.75 Å². The van der Waals surface area contributed by atoms with Crippen LogP contribution in [0.1, 0.15) is 12.8 Å². The van der Waals surface area contributed by atoms with E-state index in [-0.39, 0.29) is 5.82 Å². The van der Waals surface area contributed by atoms with Crippen LogP contribution < -0.4 is 0 Å². The molecule has 1 fully saturated rings. The third-order valence-electron chi connectivity index (χ3n) is 3.17. The van der Waals surface area contributed by atoms with E-state index >= 15 is 0 Å². The van der Waals surface area contributed by atoms with E-state index < -0.39 is 0 Å². The van der Waals surface area contributed by atoms with E-state index in [1.807, 2.05) is 22.4 Å². The van der Waals surface area contributed by atoms with Crippen LogP contribution in [0.3, 0.4) is 0 Å². The number of aromatic amines is 1. The summed E-state index contributed by atoms with van der Waals surface area (Å²) in [5.41, 5.74) is 1.41. The first-order valence-electron chi connectivity index (χ1n) is 5.74. The maximum atomic E-state index is 13.6. The predicted molar refractivity (Wildman–Crippen MR) is 72.6 cm³/mol. The molecule has 1 saturated heterocycles. The third-order valence-corrected chi connectivity index (χ3v) is 4.87. The number of imidazole rings is 1. The fraction of sp³-hybridized carbons (Fsp3) is 0.417. The topological polar surface area (TPSA) is 20.7 Å². The Morgan fingerprint density at radius 2 is 2.41 bits per heavy atom. The van der Waals surface area contributed by atoms with Crippen molar-refractivity contribution in [1.29, 1.82) is 0 Å². The van der Waals surface area contributed by atoms with Crippen molar-refractivity contribution in [2.45, 2.75) is 24.6 Å². The first-order chi connectivity index (χ1) is 8.25. The van der Waals surface area contributed by atoms with E-state index in [9.17, 15) is 4.39 Å². The van der Waals surface area contributed by atoms with Crippen LogP contribution in [0.4, 0.5) is 4.39 Å². The molecule has 0 bridgehead atoms. The van der Waals surface area contributed by atoms with Crippen molar-refractivity contribution in [3.05, 3.63) is 28.8 Å². The number of H-pyrrole nitrogens is 1. The molecule has 1 atom stereocenters. The summed E-state index contributed by atoms with van der Waals surface area (Å²) in [4.78, 5) is 2.96. The van der Waals surface area contributed by atoms with Crippen LogP contribution in [0, 0.1) is 10.6 Å². The fourth-order valence-electron chi connectivity index (χ4n) is 2.32. The molecule has 1 aliphatic heterocycles. The van der Waals surface area contributed by atoms with Gasteiger partial charge in [0.15, 0.2) is 4.77 Å². The van der Waals surface area contributed by atoms with Crippen molar-refractivity contribution in [1.82, 2.24) is 9.55 Å². The standard InChI is InChI=1S/C12H13FN2S2/c13-9-4-1-5-10-11(9)14-12(16)15(10)7-8-3-2-6-17-8/h1,4-5,8H,2-3,6-7H2,(H,14,16). The van der Waals surface area contributed by atoms with Crippen molar-refractivity contribution in [3.63, 3.8) is 0 Å². The highest BCUT2D eigenvalue weighted by atomic mass is 32.2. The molecule has 0 amide bonds. The lowest BCUT2D eigenvalue weighted by Gasteiger charge is -2.10. The van der Waals surface area contributed by atoms with Crippen LogP contribution in [0.15, 0.2) is 18.2 Å². The number of nitrogens with zero attached hydrogens (tertiary/aromatic N) is 1. The smallest absolute Gasteiger partial charge is 0.178 e. The minimum atomic E-state index is -0.230. The summed E-state index contributed by atoms with van der Waals surface area (Å²) in [6, 6.07) is 5.12. The lowest BCUT2D eigenvalue weighted by Crippen LogP contribution is -2.09. The molecule has 0 saturated carbocycles. The van der Waals surface area contributed by atoms with Crippen LogP contribution in [0.5, 0.6) is 0 Å². The quantitative estimate of drug-likeness (QED) is 0.838. The summed E-state index contributed by atoms with van der Waals surface area (Å²) in [5, 5.41) is 0.615. The van der Waals surface area contributed by atoms with E-state index in [0.29, 0.717) is 15.5 Å². The molecule has 90 valence electrons.